The molecule has 3 aromatic carbocycles. The molecule has 6 heteroatoms. The van der Waals surface area contributed by atoms with Crippen LogP contribution in [0.5, 0.6) is 17.2 Å². The van der Waals surface area contributed by atoms with Crippen molar-refractivity contribution in [3.63, 3.8) is 0 Å². The van der Waals surface area contributed by atoms with Gasteiger partial charge >= 0.3 is 0 Å². The van der Waals surface area contributed by atoms with Crippen LogP contribution in [0.3, 0.4) is 0 Å². The number of benzene rings is 3. The second-order valence-electron chi connectivity index (χ2n) is 6.34. The maximum absolute atomic E-state index is 6.06. The van der Waals surface area contributed by atoms with Crippen LogP contribution in [-0.4, -0.2) is 13.7 Å². The Morgan fingerprint density at radius 3 is 2.31 bits per heavy atom. The first-order valence-electron chi connectivity index (χ1n) is 9.29. The first kappa shape index (κ1) is 21.8. The summed E-state index contributed by atoms with van der Waals surface area (Å²) in [6, 6.07) is 20.2. The van der Waals surface area contributed by atoms with E-state index >= 15 is 0 Å². The number of nitrogens with one attached hydrogen (secondary N) is 1. The number of ether oxygens (including phenoxy) is 3. The normalized spacial score (nSPS) is 10.5. The second kappa shape index (κ2) is 10.7. The SMILES string of the molecule is CCOc1ccc(NCc2cc(I)c(OCc3ccc(Br)cc3)c(OC)c2)cc1. The van der Waals surface area contributed by atoms with Crippen LogP contribution in [0.25, 0.3) is 0 Å². The molecule has 0 radical (unpaired) electrons. The molecule has 0 spiro atoms. The summed E-state index contributed by atoms with van der Waals surface area (Å²) in [6.07, 6.45) is 0. The summed E-state index contributed by atoms with van der Waals surface area (Å²) in [7, 11) is 1.67. The van der Waals surface area contributed by atoms with Gasteiger partial charge in [0.2, 0.25) is 0 Å². The smallest absolute Gasteiger partial charge is 0.174 e. The van der Waals surface area contributed by atoms with Gasteiger partial charge in [-0.3, -0.25) is 0 Å². The fraction of sp³-hybridized carbons (Fsp3) is 0.217. The highest BCUT2D eigenvalue weighted by Gasteiger charge is 2.12. The van der Waals surface area contributed by atoms with E-state index < -0.39 is 0 Å². The molecule has 0 aliphatic heterocycles. The molecule has 0 aromatic heterocycles. The molecular formula is C23H23BrINO3. The Morgan fingerprint density at radius 1 is 0.931 bits per heavy atom. The third-order valence-electron chi connectivity index (χ3n) is 4.25. The minimum Gasteiger partial charge on any atom is -0.494 e. The van der Waals surface area contributed by atoms with Crippen LogP contribution < -0.4 is 19.5 Å². The lowest BCUT2D eigenvalue weighted by Crippen LogP contribution is -2.03. The molecule has 4 nitrogen and oxygen atoms in total. The summed E-state index contributed by atoms with van der Waals surface area (Å²) in [5, 5.41) is 3.43. The maximum Gasteiger partial charge on any atom is 0.174 e. The van der Waals surface area contributed by atoms with Gasteiger partial charge in [-0.2, -0.15) is 0 Å². The van der Waals surface area contributed by atoms with Crippen LogP contribution in [0.4, 0.5) is 5.69 Å². The van der Waals surface area contributed by atoms with E-state index in [1.165, 1.54) is 0 Å². The fourth-order valence-corrected chi connectivity index (χ4v) is 3.88. The molecule has 3 aromatic rings. The second-order valence-corrected chi connectivity index (χ2v) is 8.41. The highest BCUT2D eigenvalue weighted by molar-refractivity contribution is 14.1. The van der Waals surface area contributed by atoms with Gasteiger partial charge in [0, 0.05) is 16.7 Å². The summed E-state index contributed by atoms with van der Waals surface area (Å²) in [5.74, 6) is 2.37. The first-order chi connectivity index (χ1) is 14.1. The summed E-state index contributed by atoms with van der Waals surface area (Å²) in [4.78, 5) is 0. The van der Waals surface area contributed by atoms with Gasteiger partial charge in [0.15, 0.2) is 11.5 Å². The predicted molar refractivity (Wildman–Crippen MR) is 129 cm³/mol. The number of hydrogen-bond acceptors (Lipinski definition) is 4. The predicted octanol–water partition coefficient (Wildman–Crippen LogP) is 6.65. The molecule has 0 aliphatic carbocycles. The molecular weight excluding hydrogens is 545 g/mol. The molecule has 0 saturated carbocycles. The summed E-state index contributed by atoms with van der Waals surface area (Å²) in [6.45, 7) is 3.82. The van der Waals surface area contributed by atoms with Gasteiger partial charge < -0.3 is 19.5 Å². The molecule has 152 valence electrons. The summed E-state index contributed by atoms with van der Waals surface area (Å²) < 4.78 is 19.2. The number of halogens is 2. The average molecular weight is 568 g/mol. The molecule has 29 heavy (non-hydrogen) atoms. The van der Waals surface area contributed by atoms with Crippen molar-refractivity contribution in [3.05, 3.63) is 79.8 Å². The minimum atomic E-state index is 0.490. The van der Waals surface area contributed by atoms with Gasteiger partial charge in [-0.1, -0.05) is 28.1 Å². The zero-order valence-corrected chi connectivity index (χ0v) is 20.1. The monoisotopic (exact) mass is 567 g/mol. The van der Waals surface area contributed by atoms with Gasteiger partial charge in [-0.25, -0.2) is 0 Å². The summed E-state index contributed by atoms with van der Waals surface area (Å²) in [5.41, 5.74) is 3.27. The van der Waals surface area contributed by atoms with E-state index in [-0.39, 0.29) is 0 Å². The number of hydrogen-bond donors (Lipinski definition) is 1. The number of anilines is 1. The molecule has 0 atom stereocenters. The lowest BCUT2D eigenvalue weighted by atomic mass is 10.2. The zero-order chi connectivity index (χ0) is 20.6. The Labute approximate surface area is 193 Å². The van der Waals surface area contributed by atoms with E-state index in [1.54, 1.807) is 7.11 Å². The van der Waals surface area contributed by atoms with E-state index in [0.717, 1.165) is 42.1 Å². The van der Waals surface area contributed by atoms with Crippen molar-refractivity contribution in [3.8, 4) is 17.2 Å². The van der Waals surface area contributed by atoms with Crippen molar-refractivity contribution in [1.82, 2.24) is 0 Å². The topological polar surface area (TPSA) is 39.7 Å². The average Bonchev–Trinajstić information content (AvgIpc) is 2.73. The van der Waals surface area contributed by atoms with Crippen molar-refractivity contribution < 1.29 is 14.2 Å². The fourth-order valence-electron chi connectivity index (χ4n) is 2.79. The minimum absolute atomic E-state index is 0.490. The lowest BCUT2D eigenvalue weighted by molar-refractivity contribution is 0.282. The first-order valence-corrected chi connectivity index (χ1v) is 11.2. The highest BCUT2D eigenvalue weighted by atomic mass is 127. The molecule has 0 aliphatic rings. The van der Waals surface area contributed by atoms with Crippen LogP contribution >= 0.6 is 38.5 Å². The van der Waals surface area contributed by atoms with Crippen LogP contribution in [0.15, 0.2) is 65.1 Å². The standard InChI is InChI=1S/C23H23BrINO3/c1-3-28-20-10-8-19(9-11-20)26-14-17-12-21(25)23(22(13-17)27-2)29-15-16-4-6-18(24)7-5-16/h4-13,26H,3,14-15H2,1-2H3. The van der Waals surface area contributed by atoms with Crippen LogP contribution in [-0.2, 0) is 13.2 Å². The quantitative estimate of drug-likeness (QED) is 0.294. The molecule has 0 bridgehead atoms. The lowest BCUT2D eigenvalue weighted by Gasteiger charge is -2.15. The Balaban J connectivity index is 1.66. The van der Waals surface area contributed by atoms with Crippen molar-refractivity contribution in [1.29, 1.82) is 0 Å². The molecule has 0 amide bonds. The molecule has 0 fully saturated rings. The van der Waals surface area contributed by atoms with Crippen molar-refractivity contribution >= 4 is 44.2 Å². The van der Waals surface area contributed by atoms with E-state index in [0.29, 0.717) is 19.8 Å². The maximum atomic E-state index is 6.06. The largest absolute Gasteiger partial charge is 0.494 e. The van der Waals surface area contributed by atoms with E-state index in [2.05, 4.69) is 49.9 Å². The third kappa shape index (κ3) is 6.27. The zero-order valence-electron chi connectivity index (χ0n) is 16.4. The van der Waals surface area contributed by atoms with Crippen molar-refractivity contribution in [2.75, 3.05) is 19.0 Å². The number of rotatable bonds is 9. The Bertz CT molecular complexity index is 930. The molecule has 3 rings (SSSR count). The van der Waals surface area contributed by atoms with Crippen LogP contribution in [0, 0.1) is 3.57 Å². The highest BCUT2D eigenvalue weighted by Crippen LogP contribution is 2.35. The Morgan fingerprint density at radius 2 is 1.66 bits per heavy atom. The van der Waals surface area contributed by atoms with Gasteiger partial charge in [0.05, 0.1) is 17.3 Å². The number of methoxy groups -OCH3 is 1. The van der Waals surface area contributed by atoms with E-state index in [4.69, 9.17) is 14.2 Å². The Kier molecular flexibility index (Phi) is 8.06. The molecule has 0 saturated heterocycles. The molecule has 0 heterocycles. The third-order valence-corrected chi connectivity index (χ3v) is 5.58. The summed E-state index contributed by atoms with van der Waals surface area (Å²) >= 11 is 5.75. The molecule has 0 unspecified atom stereocenters. The van der Waals surface area contributed by atoms with Gasteiger partial charge in [-0.05, 0) is 89.2 Å². The van der Waals surface area contributed by atoms with Crippen molar-refractivity contribution in [2.45, 2.75) is 20.1 Å². The Hall–Kier alpha value is -1.93. The van der Waals surface area contributed by atoms with Gasteiger partial charge in [-0.15, -0.1) is 0 Å². The van der Waals surface area contributed by atoms with Crippen LogP contribution in [0.2, 0.25) is 0 Å². The van der Waals surface area contributed by atoms with Gasteiger partial charge in [0.1, 0.15) is 12.4 Å². The molecule has 1 N–H and O–H groups in total. The van der Waals surface area contributed by atoms with E-state index in [1.807, 2.05) is 61.5 Å². The van der Waals surface area contributed by atoms with Gasteiger partial charge in [0.25, 0.3) is 0 Å². The van der Waals surface area contributed by atoms with Crippen molar-refractivity contribution in [2.24, 2.45) is 0 Å². The van der Waals surface area contributed by atoms with E-state index in [9.17, 15) is 0 Å². The van der Waals surface area contributed by atoms with Crippen LogP contribution in [0.1, 0.15) is 18.1 Å².